The molecule has 0 atom stereocenters. The number of hydrogen-bond acceptors (Lipinski definition) is 5. The Kier molecular flexibility index (Phi) is 6.11. The van der Waals surface area contributed by atoms with Crippen molar-refractivity contribution in [1.29, 1.82) is 0 Å². The summed E-state index contributed by atoms with van der Waals surface area (Å²) in [6.07, 6.45) is -0.00662. The Morgan fingerprint density at radius 1 is 1.07 bits per heavy atom. The molecule has 2 N–H and O–H groups in total. The Labute approximate surface area is 168 Å². The van der Waals surface area contributed by atoms with Gasteiger partial charge in [-0.15, -0.1) is 0 Å². The lowest BCUT2D eigenvalue weighted by Gasteiger charge is -2.15. The summed E-state index contributed by atoms with van der Waals surface area (Å²) < 4.78 is 5.75. The molecular formula is C21H21ClN4O2. The summed E-state index contributed by atoms with van der Waals surface area (Å²) in [5.41, 5.74) is 1.60. The number of amides is 1. The van der Waals surface area contributed by atoms with Crippen LogP contribution in [0, 0.1) is 6.92 Å². The average molecular weight is 397 g/mol. The number of halogens is 1. The zero-order chi connectivity index (χ0) is 20.1. The van der Waals surface area contributed by atoms with Crippen LogP contribution < -0.4 is 15.4 Å². The number of nitrogens with zero attached hydrogens (tertiary/aromatic N) is 2. The molecule has 0 aliphatic rings. The van der Waals surface area contributed by atoms with Crippen LogP contribution in [0.2, 0.25) is 5.02 Å². The van der Waals surface area contributed by atoms with Crippen molar-refractivity contribution in [3.63, 3.8) is 0 Å². The Morgan fingerprint density at radius 2 is 1.86 bits per heavy atom. The summed E-state index contributed by atoms with van der Waals surface area (Å²) in [6, 6.07) is 16.1. The van der Waals surface area contributed by atoms with Gasteiger partial charge in [0.15, 0.2) is 0 Å². The van der Waals surface area contributed by atoms with Gasteiger partial charge in [0.25, 0.3) is 5.91 Å². The first kappa shape index (κ1) is 19.6. The van der Waals surface area contributed by atoms with E-state index in [4.69, 9.17) is 16.3 Å². The fourth-order valence-electron chi connectivity index (χ4n) is 2.58. The minimum atomic E-state index is -0.348. The van der Waals surface area contributed by atoms with Crippen molar-refractivity contribution in [3.05, 3.63) is 71.1 Å². The van der Waals surface area contributed by atoms with Crippen molar-refractivity contribution in [2.75, 3.05) is 10.6 Å². The van der Waals surface area contributed by atoms with Crippen LogP contribution in [0.5, 0.6) is 5.75 Å². The van der Waals surface area contributed by atoms with Crippen LogP contribution in [-0.4, -0.2) is 22.0 Å². The van der Waals surface area contributed by atoms with Gasteiger partial charge in [-0.05, 0) is 51.1 Å². The van der Waals surface area contributed by atoms with Gasteiger partial charge >= 0.3 is 0 Å². The number of hydrogen-bond donors (Lipinski definition) is 2. The third-order valence-corrected chi connectivity index (χ3v) is 3.90. The Bertz CT molecular complexity index is 992. The number of carbonyl (C=O) groups is 1. The Balaban J connectivity index is 1.82. The molecule has 2 aromatic carbocycles. The summed E-state index contributed by atoms with van der Waals surface area (Å²) in [6.45, 7) is 5.59. The molecule has 28 heavy (non-hydrogen) atoms. The van der Waals surface area contributed by atoms with Gasteiger partial charge in [-0.2, -0.15) is 0 Å². The molecule has 0 spiro atoms. The minimum Gasteiger partial charge on any atom is -0.489 e. The Morgan fingerprint density at radius 3 is 2.61 bits per heavy atom. The van der Waals surface area contributed by atoms with Gasteiger partial charge in [-0.25, -0.2) is 9.97 Å². The summed E-state index contributed by atoms with van der Waals surface area (Å²) in [5.74, 6) is 1.24. The normalized spacial score (nSPS) is 10.6. The van der Waals surface area contributed by atoms with Gasteiger partial charge < -0.3 is 15.4 Å². The highest BCUT2D eigenvalue weighted by molar-refractivity contribution is 6.30. The van der Waals surface area contributed by atoms with Gasteiger partial charge in [0.1, 0.15) is 23.1 Å². The molecule has 7 heteroatoms. The smallest absolute Gasteiger partial charge is 0.274 e. The molecule has 1 heterocycles. The van der Waals surface area contributed by atoms with E-state index in [2.05, 4.69) is 20.6 Å². The van der Waals surface area contributed by atoms with E-state index in [9.17, 15) is 4.79 Å². The third kappa shape index (κ3) is 5.20. The molecule has 144 valence electrons. The second kappa shape index (κ2) is 8.71. The van der Waals surface area contributed by atoms with E-state index in [-0.39, 0.29) is 17.7 Å². The maximum atomic E-state index is 12.8. The summed E-state index contributed by atoms with van der Waals surface area (Å²) in [4.78, 5) is 21.3. The zero-order valence-corrected chi connectivity index (χ0v) is 16.6. The largest absolute Gasteiger partial charge is 0.489 e. The number of ether oxygens (including phenoxy) is 1. The van der Waals surface area contributed by atoms with E-state index in [1.54, 1.807) is 31.2 Å². The van der Waals surface area contributed by atoms with Crippen LogP contribution in [0.4, 0.5) is 17.2 Å². The fraction of sp³-hybridized carbons (Fsp3) is 0.190. The lowest BCUT2D eigenvalue weighted by molar-refractivity contribution is 0.102. The first-order valence-corrected chi connectivity index (χ1v) is 9.24. The summed E-state index contributed by atoms with van der Waals surface area (Å²) >= 11 is 6.02. The van der Waals surface area contributed by atoms with Crippen molar-refractivity contribution in [2.45, 2.75) is 26.9 Å². The molecule has 6 nitrogen and oxygen atoms in total. The molecule has 0 saturated heterocycles. The van der Waals surface area contributed by atoms with Crippen molar-refractivity contribution >= 4 is 34.7 Å². The van der Waals surface area contributed by atoms with Gasteiger partial charge in [0.2, 0.25) is 0 Å². The van der Waals surface area contributed by atoms with Crippen molar-refractivity contribution < 1.29 is 9.53 Å². The minimum absolute atomic E-state index is 0.00662. The zero-order valence-electron chi connectivity index (χ0n) is 15.9. The number of anilines is 3. The highest BCUT2D eigenvalue weighted by Crippen LogP contribution is 2.26. The fourth-order valence-corrected chi connectivity index (χ4v) is 2.77. The molecule has 3 rings (SSSR count). The Hall–Kier alpha value is -3.12. The van der Waals surface area contributed by atoms with Crippen molar-refractivity contribution in [2.24, 2.45) is 0 Å². The van der Waals surface area contributed by atoms with Gasteiger partial charge in [0, 0.05) is 16.8 Å². The lowest BCUT2D eigenvalue weighted by Crippen LogP contribution is -2.17. The van der Waals surface area contributed by atoms with E-state index in [0.717, 1.165) is 5.69 Å². The molecule has 1 amide bonds. The predicted octanol–water partition coefficient (Wildman–Crippen LogP) is 5.22. The molecule has 0 fully saturated rings. The van der Waals surface area contributed by atoms with E-state index in [1.165, 1.54) is 0 Å². The standard InChI is InChI=1S/C21H21ClN4O2/c1-13(2)28-19-10-5-4-9-17(19)26-21(27)18-12-20(24-14(3)23-18)25-16-8-6-7-15(22)11-16/h4-13H,1-3H3,(H,26,27)(H,23,24,25). The highest BCUT2D eigenvalue weighted by atomic mass is 35.5. The molecule has 3 aromatic rings. The van der Waals surface area contributed by atoms with E-state index < -0.39 is 0 Å². The van der Waals surface area contributed by atoms with Gasteiger partial charge in [-0.3, -0.25) is 4.79 Å². The highest BCUT2D eigenvalue weighted by Gasteiger charge is 2.14. The number of nitrogens with one attached hydrogen (secondary N) is 2. The molecule has 1 aromatic heterocycles. The van der Waals surface area contributed by atoms with Crippen LogP contribution in [0.15, 0.2) is 54.6 Å². The van der Waals surface area contributed by atoms with E-state index in [0.29, 0.717) is 28.1 Å². The molecule has 0 saturated carbocycles. The number of carbonyl (C=O) groups excluding carboxylic acids is 1. The molecule has 0 aliphatic carbocycles. The maximum Gasteiger partial charge on any atom is 0.274 e. The van der Waals surface area contributed by atoms with E-state index >= 15 is 0 Å². The first-order chi connectivity index (χ1) is 13.4. The first-order valence-electron chi connectivity index (χ1n) is 8.86. The quantitative estimate of drug-likeness (QED) is 0.597. The number of rotatable bonds is 6. The predicted molar refractivity (Wildman–Crippen MR) is 112 cm³/mol. The molecular weight excluding hydrogens is 376 g/mol. The van der Waals surface area contributed by atoms with E-state index in [1.807, 2.05) is 44.2 Å². The van der Waals surface area contributed by atoms with Crippen LogP contribution in [0.1, 0.15) is 30.2 Å². The second-order valence-corrected chi connectivity index (χ2v) is 6.87. The SMILES string of the molecule is Cc1nc(Nc2cccc(Cl)c2)cc(C(=O)Nc2ccccc2OC(C)C)n1. The van der Waals surface area contributed by atoms with Crippen LogP contribution in [0.25, 0.3) is 0 Å². The number of para-hydroxylation sites is 2. The second-order valence-electron chi connectivity index (χ2n) is 6.44. The topological polar surface area (TPSA) is 76.1 Å². The van der Waals surface area contributed by atoms with Crippen LogP contribution in [-0.2, 0) is 0 Å². The van der Waals surface area contributed by atoms with Gasteiger partial charge in [-0.1, -0.05) is 29.8 Å². The number of aryl methyl sites for hydroxylation is 1. The molecule has 0 aliphatic heterocycles. The third-order valence-electron chi connectivity index (χ3n) is 3.67. The summed E-state index contributed by atoms with van der Waals surface area (Å²) in [5, 5.41) is 6.61. The van der Waals surface area contributed by atoms with Gasteiger partial charge in [0.05, 0.1) is 11.8 Å². The summed E-state index contributed by atoms with van der Waals surface area (Å²) in [7, 11) is 0. The lowest BCUT2D eigenvalue weighted by atomic mass is 10.2. The molecule has 0 unspecified atom stereocenters. The molecule has 0 bridgehead atoms. The molecule has 0 radical (unpaired) electrons. The van der Waals surface area contributed by atoms with Crippen molar-refractivity contribution in [1.82, 2.24) is 9.97 Å². The van der Waals surface area contributed by atoms with Crippen molar-refractivity contribution in [3.8, 4) is 5.75 Å². The maximum absolute atomic E-state index is 12.8. The van der Waals surface area contributed by atoms with Crippen LogP contribution in [0.3, 0.4) is 0 Å². The average Bonchev–Trinajstić information content (AvgIpc) is 2.62. The monoisotopic (exact) mass is 396 g/mol. The number of aromatic nitrogens is 2. The van der Waals surface area contributed by atoms with Crippen LogP contribution >= 0.6 is 11.6 Å². The number of benzene rings is 2.